The Morgan fingerprint density at radius 3 is 2.21 bits per heavy atom. The zero-order valence-corrected chi connectivity index (χ0v) is 16.7. The number of carbonyl (C=O) groups is 2. The zero-order valence-electron chi connectivity index (χ0n) is 15.9. The highest BCUT2D eigenvalue weighted by molar-refractivity contribution is 6.30. The van der Waals surface area contributed by atoms with E-state index in [9.17, 15) is 27.6 Å². The van der Waals surface area contributed by atoms with Crippen molar-refractivity contribution >= 4 is 29.1 Å². The van der Waals surface area contributed by atoms with E-state index in [0.717, 1.165) is 16.7 Å². The molecule has 0 fully saturated rings. The fraction of sp³-hybridized carbons (Fsp3) is 0.316. The van der Waals surface area contributed by atoms with Crippen LogP contribution in [0.1, 0.15) is 22.3 Å². The van der Waals surface area contributed by atoms with Gasteiger partial charge in [-0.05, 0) is 38.0 Å². The largest absolute Gasteiger partial charge is 0.417 e. The fourth-order valence-electron chi connectivity index (χ4n) is 2.82. The van der Waals surface area contributed by atoms with E-state index in [4.69, 9.17) is 11.6 Å². The Hall–Kier alpha value is -2.81. The van der Waals surface area contributed by atoms with Gasteiger partial charge in [0.05, 0.1) is 12.1 Å². The van der Waals surface area contributed by atoms with Gasteiger partial charge in [0.15, 0.2) is 0 Å². The maximum atomic E-state index is 12.8. The molecule has 29 heavy (non-hydrogen) atoms. The summed E-state index contributed by atoms with van der Waals surface area (Å²) < 4.78 is 39.1. The van der Waals surface area contributed by atoms with Crippen molar-refractivity contribution in [1.82, 2.24) is 9.88 Å². The number of aryl methyl sites for hydroxylation is 3. The third-order valence-electron chi connectivity index (χ3n) is 4.07. The number of amides is 2. The minimum atomic E-state index is -4.72. The van der Waals surface area contributed by atoms with Crippen LogP contribution in [-0.2, 0) is 22.3 Å². The first-order valence-electron chi connectivity index (χ1n) is 8.50. The van der Waals surface area contributed by atoms with E-state index in [-0.39, 0.29) is 0 Å². The van der Waals surface area contributed by atoms with Gasteiger partial charge >= 0.3 is 6.18 Å². The van der Waals surface area contributed by atoms with Crippen molar-refractivity contribution in [2.24, 2.45) is 0 Å². The quantitative estimate of drug-likeness (QED) is 0.766. The highest BCUT2D eigenvalue weighted by Crippen LogP contribution is 2.29. The van der Waals surface area contributed by atoms with E-state index in [2.05, 4.69) is 10.6 Å². The molecule has 0 aliphatic carbocycles. The molecule has 1 heterocycles. The molecule has 0 saturated carbocycles. The lowest BCUT2D eigenvalue weighted by atomic mass is 10.1. The molecule has 6 nitrogen and oxygen atoms in total. The molecule has 2 aromatic rings. The average molecular weight is 430 g/mol. The summed E-state index contributed by atoms with van der Waals surface area (Å²) in [4.78, 5) is 36.0. The van der Waals surface area contributed by atoms with Crippen molar-refractivity contribution in [3.8, 4) is 0 Å². The number of hydrogen-bond acceptors (Lipinski definition) is 3. The van der Waals surface area contributed by atoms with Crippen LogP contribution in [0.4, 0.5) is 18.9 Å². The molecular formula is C19H19ClF3N3O3. The standard InChI is InChI=1S/C19H19ClF3N3O3/c1-10-4-11(2)17(12(3)5-10)25-15(27)7-24-16(28)9-26-8-13(19(21,22)23)6-14(20)18(26)29/h4-6,8H,7,9H2,1-3H3,(H,24,28)(H,25,27). The second kappa shape index (κ2) is 8.69. The summed E-state index contributed by atoms with van der Waals surface area (Å²) in [6, 6.07) is 4.29. The van der Waals surface area contributed by atoms with Crippen LogP contribution >= 0.6 is 11.6 Å². The maximum Gasteiger partial charge on any atom is 0.417 e. The minimum Gasteiger partial charge on any atom is -0.345 e. The lowest BCUT2D eigenvalue weighted by Crippen LogP contribution is -2.37. The highest BCUT2D eigenvalue weighted by atomic mass is 35.5. The van der Waals surface area contributed by atoms with Gasteiger partial charge in [-0.25, -0.2) is 0 Å². The number of benzene rings is 1. The molecule has 0 spiro atoms. The first kappa shape index (κ1) is 22.5. The van der Waals surface area contributed by atoms with E-state index in [1.807, 2.05) is 32.9 Å². The Labute approximate surface area is 169 Å². The molecule has 0 aliphatic rings. The molecule has 2 rings (SSSR count). The van der Waals surface area contributed by atoms with Crippen molar-refractivity contribution < 1.29 is 22.8 Å². The van der Waals surface area contributed by atoms with Crippen LogP contribution in [-0.4, -0.2) is 22.9 Å². The molecule has 0 bridgehead atoms. The summed E-state index contributed by atoms with van der Waals surface area (Å²) >= 11 is 5.54. The molecule has 156 valence electrons. The minimum absolute atomic E-state index is 0.410. The fourth-order valence-corrected chi connectivity index (χ4v) is 3.05. The molecule has 1 aromatic heterocycles. The van der Waals surface area contributed by atoms with Crippen molar-refractivity contribution in [3.63, 3.8) is 0 Å². The van der Waals surface area contributed by atoms with Crippen LogP contribution in [0.2, 0.25) is 5.02 Å². The third kappa shape index (κ3) is 5.83. The molecule has 2 amide bonds. The molecule has 10 heteroatoms. The highest BCUT2D eigenvalue weighted by Gasteiger charge is 2.32. The molecule has 0 radical (unpaired) electrons. The lowest BCUT2D eigenvalue weighted by Gasteiger charge is -2.14. The Morgan fingerprint density at radius 1 is 1.07 bits per heavy atom. The second-order valence-corrected chi connectivity index (χ2v) is 7.01. The molecular weight excluding hydrogens is 411 g/mol. The number of hydrogen-bond donors (Lipinski definition) is 2. The molecule has 0 aliphatic heterocycles. The molecule has 1 aromatic carbocycles. The summed E-state index contributed by atoms with van der Waals surface area (Å²) in [5.41, 5.74) is 1.27. The Balaban J connectivity index is 2.03. The smallest absolute Gasteiger partial charge is 0.345 e. The van der Waals surface area contributed by atoms with Gasteiger partial charge in [0.25, 0.3) is 5.56 Å². The van der Waals surface area contributed by atoms with Gasteiger partial charge in [-0.1, -0.05) is 29.3 Å². The predicted molar refractivity (Wildman–Crippen MR) is 103 cm³/mol. The van der Waals surface area contributed by atoms with Crippen LogP contribution in [0.5, 0.6) is 0 Å². The summed E-state index contributed by atoms with van der Waals surface area (Å²) in [7, 11) is 0. The second-order valence-electron chi connectivity index (χ2n) is 6.61. The first-order chi connectivity index (χ1) is 13.4. The van der Waals surface area contributed by atoms with Crippen molar-refractivity contribution in [2.75, 3.05) is 11.9 Å². The third-order valence-corrected chi connectivity index (χ3v) is 4.34. The van der Waals surface area contributed by atoms with Crippen molar-refractivity contribution in [2.45, 2.75) is 33.5 Å². The number of anilines is 1. The van der Waals surface area contributed by atoms with Gasteiger partial charge in [0.2, 0.25) is 11.8 Å². The number of aromatic nitrogens is 1. The monoisotopic (exact) mass is 429 g/mol. The van der Waals surface area contributed by atoms with Crippen LogP contribution < -0.4 is 16.2 Å². The number of rotatable bonds is 5. The number of nitrogens with one attached hydrogen (secondary N) is 2. The van der Waals surface area contributed by atoms with E-state index >= 15 is 0 Å². The van der Waals surface area contributed by atoms with Crippen LogP contribution in [0.15, 0.2) is 29.2 Å². The van der Waals surface area contributed by atoms with Crippen LogP contribution in [0, 0.1) is 20.8 Å². The number of pyridine rings is 1. The predicted octanol–water partition coefficient (Wildman–Crippen LogP) is 3.20. The zero-order chi connectivity index (χ0) is 21.9. The number of carbonyl (C=O) groups excluding carboxylic acids is 2. The Kier molecular flexibility index (Phi) is 6.73. The van der Waals surface area contributed by atoms with E-state index in [0.29, 0.717) is 22.5 Å². The summed E-state index contributed by atoms with van der Waals surface area (Å²) in [6.45, 7) is 4.47. The first-order valence-corrected chi connectivity index (χ1v) is 8.88. The number of nitrogens with zero attached hydrogens (tertiary/aromatic N) is 1. The average Bonchev–Trinajstić information content (AvgIpc) is 2.59. The van der Waals surface area contributed by atoms with Crippen LogP contribution in [0.3, 0.4) is 0 Å². The van der Waals surface area contributed by atoms with Gasteiger partial charge in [-0.15, -0.1) is 0 Å². The molecule has 0 atom stereocenters. The summed E-state index contributed by atoms with van der Waals surface area (Å²) in [5, 5.41) is 4.30. The topological polar surface area (TPSA) is 80.2 Å². The maximum absolute atomic E-state index is 12.8. The SMILES string of the molecule is Cc1cc(C)c(NC(=O)CNC(=O)Cn2cc(C(F)(F)F)cc(Cl)c2=O)c(C)c1. The number of alkyl halides is 3. The molecule has 0 unspecified atom stereocenters. The summed E-state index contributed by atoms with van der Waals surface area (Å²) in [6.07, 6.45) is -4.22. The Bertz CT molecular complexity index is 993. The molecule has 2 N–H and O–H groups in total. The van der Waals surface area contributed by atoms with E-state index in [1.54, 1.807) is 0 Å². The summed E-state index contributed by atoms with van der Waals surface area (Å²) in [5.74, 6) is -1.32. The lowest BCUT2D eigenvalue weighted by molar-refractivity contribution is -0.138. The van der Waals surface area contributed by atoms with Gasteiger partial charge in [-0.2, -0.15) is 13.2 Å². The normalized spacial score (nSPS) is 11.3. The number of halogens is 4. The van der Waals surface area contributed by atoms with Gasteiger partial charge in [-0.3, -0.25) is 14.4 Å². The van der Waals surface area contributed by atoms with Gasteiger partial charge < -0.3 is 15.2 Å². The van der Waals surface area contributed by atoms with E-state index < -0.39 is 47.2 Å². The van der Waals surface area contributed by atoms with E-state index in [1.165, 1.54) is 0 Å². The van der Waals surface area contributed by atoms with Crippen molar-refractivity contribution in [3.05, 3.63) is 62.0 Å². The van der Waals surface area contributed by atoms with Crippen molar-refractivity contribution in [1.29, 1.82) is 0 Å². The Morgan fingerprint density at radius 2 is 1.66 bits per heavy atom. The van der Waals surface area contributed by atoms with Crippen LogP contribution in [0.25, 0.3) is 0 Å². The van der Waals surface area contributed by atoms with Gasteiger partial charge in [0, 0.05) is 11.9 Å². The van der Waals surface area contributed by atoms with Gasteiger partial charge in [0.1, 0.15) is 11.6 Å². The molecule has 0 saturated heterocycles.